The van der Waals surface area contributed by atoms with Gasteiger partial charge in [0, 0.05) is 12.0 Å². The van der Waals surface area contributed by atoms with Crippen LogP contribution in [0.5, 0.6) is 11.5 Å². The number of nitrogens with two attached hydrogens (primary N) is 1. The second-order valence-corrected chi connectivity index (χ2v) is 5.38. The number of aliphatic carboxylic acids is 1. The summed E-state index contributed by atoms with van der Waals surface area (Å²) in [5, 5.41) is 9.43. The smallest absolute Gasteiger partial charge is 0.348 e. The Morgan fingerprint density at radius 3 is 2.76 bits per heavy atom. The van der Waals surface area contributed by atoms with Crippen molar-refractivity contribution in [2.75, 3.05) is 13.2 Å². The lowest BCUT2D eigenvalue weighted by Crippen LogP contribution is -2.43. The summed E-state index contributed by atoms with van der Waals surface area (Å²) in [6.45, 7) is 4.84. The van der Waals surface area contributed by atoms with Gasteiger partial charge in [-0.3, -0.25) is 0 Å². The van der Waals surface area contributed by atoms with Crippen LogP contribution in [0.1, 0.15) is 44.6 Å². The number of hydrogen-bond donors (Lipinski definition) is 2. The minimum Gasteiger partial charge on any atom is -0.493 e. The van der Waals surface area contributed by atoms with Crippen LogP contribution in [-0.4, -0.2) is 29.8 Å². The summed E-state index contributed by atoms with van der Waals surface area (Å²) in [6.07, 6.45) is 1.72. The molecule has 0 aromatic heterocycles. The highest BCUT2D eigenvalue weighted by Crippen LogP contribution is 2.37. The van der Waals surface area contributed by atoms with Gasteiger partial charge in [0.1, 0.15) is 11.5 Å². The summed E-state index contributed by atoms with van der Waals surface area (Å²) in [6, 6.07) is 5.51. The van der Waals surface area contributed by atoms with E-state index in [9.17, 15) is 9.90 Å². The molecule has 1 aliphatic heterocycles. The van der Waals surface area contributed by atoms with Crippen molar-refractivity contribution in [3.8, 4) is 11.5 Å². The summed E-state index contributed by atoms with van der Waals surface area (Å²) >= 11 is 0. The van der Waals surface area contributed by atoms with E-state index in [4.69, 9.17) is 15.2 Å². The SMILES string of the molecule is CCC(CC)(Oc1ccc2c(c1)OCCC2CN)C(=O)O. The van der Waals surface area contributed by atoms with Gasteiger partial charge in [-0.1, -0.05) is 19.9 Å². The molecule has 0 fully saturated rings. The molecule has 0 amide bonds. The predicted molar refractivity (Wildman–Crippen MR) is 79.9 cm³/mol. The Morgan fingerprint density at radius 2 is 2.19 bits per heavy atom. The molecule has 1 aliphatic rings. The van der Waals surface area contributed by atoms with E-state index in [0.29, 0.717) is 37.7 Å². The number of carbonyl (C=O) groups is 1. The number of ether oxygens (including phenoxy) is 2. The molecule has 1 aromatic carbocycles. The molecule has 0 aliphatic carbocycles. The van der Waals surface area contributed by atoms with Gasteiger partial charge in [0.05, 0.1) is 6.61 Å². The molecular weight excluding hydrogens is 270 g/mol. The first-order chi connectivity index (χ1) is 10.1. The molecule has 0 saturated carbocycles. The molecule has 0 saturated heterocycles. The molecule has 2 rings (SSSR count). The van der Waals surface area contributed by atoms with Gasteiger partial charge in [-0.15, -0.1) is 0 Å². The van der Waals surface area contributed by atoms with Gasteiger partial charge < -0.3 is 20.3 Å². The van der Waals surface area contributed by atoms with Crippen molar-refractivity contribution in [2.45, 2.75) is 44.6 Å². The van der Waals surface area contributed by atoms with Gasteiger partial charge in [-0.05, 0) is 37.4 Å². The van der Waals surface area contributed by atoms with Gasteiger partial charge >= 0.3 is 5.97 Å². The van der Waals surface area contributed by atoms with Crippen molar-refractivity contribution >= 4 is 5.97 Å². The first kappa shape index (κ1) is 15.6. The molecule has 0 bridgehead atoms. The molecule has 1 atom stereocenters. The minimum atomic E-state index is -1.18. The van der Waals surface area contributed by atoms with E-state index < -0.39 is 11.6 Å². The van der Waals surface area contributed by atoms with Crippen molar-refractivity contribution in [2.24, 2.45) is 5.73 Å². The molecule has 1 aromatic rings. The van der Waals surface area contributed by atoms with Crippen molar-refractivity contribution in [3.05, 3.63) is 23.8 Å². The average molecular weight is 293 g/mol. The third kappa shape index (κ3) is 2.97. The normalized spacial score (nSPS) is 17.8. The minimum absolute atomic E-state index is 0.296. The molecule has 5 nitrogen and oxygen atoms in total. The average Bonchev–Trinajstić information content (AvgIpc) is 2.51. The second-order valence-electron chi connectivity index (χ2n) is 5.38. The highest BCUT2D eigenvalue weighted by molar-refractivity contribution is 5.77. The number of benzene rings is 1. The Labute approximate surface area is 125 Å². The molecule has 116 valence electrons. The fraction of sp³-hybridized carbons (Fsp3) is 0.562. The number of carboxylic acids is 1. The van der Waals surface area contributed by atoms with E-state index in [1.807, 2.05) is 19.9 Å². The topological polar surface area (TPSA) is 81.8 Å². The van der Waals surface area contributed by atoms with Gasteiger partial charge in [0.25, 0.3) is 0 Å². The summed E-state index contributed by atoms with van der Waals surface area (Å²) < 4.78 is 11.4. The van der Waals surface area contributed by atoms with Crippen LogP contribution in [0.15, 0.2) is 18.2 Å². The largest absolute Gasteiger partial charge is 0.493 e. The maximum absolute atomic E-state index is 11.5. The standard InChI is InChI=1S/C16H23NO4/c1-3-16(4-2,15(18)19)21-12-5-6-13-11(10-17)7-8-20-14(13)9-12/h5-6,9,11H,3-4,7-8,10,17H2,1-2H3,(H,18,19). The fourth-order valence-electron chi connectivity index (χ4n) is 2.72. The first-order valence-electron chi connectivity index (χ1n) is 7.45. The van der Waals surface area contributed by atoms with Crippen LogP contribution in [0, 0.1) is 0 Å². The molecule has 5 heteroatoms. The second kappa shape index (κ2) is 6.35. The van der Waals surface area contributed by atoms with Crippen LogP contribution in [0.4, 0.5) is 0 Å². The van der Waals surface area contributed by atoms with Crippen molar-refractivity contribution in [1.29, 1.82) is 0 Å². The first-order valence-corrected chi connectivity index (χ1v) is 7.45. The summed E-state index contributed by atoms with van der Waals surface area (Å²) in [5.41, 5.74) is 5.67. The van der Waals surface area contributed by atoms with Gasteiger partial charge in [-0.25, -0.2) is 4.79 Å². The van der Waals surface area contributed by atoms with Crippen LogP contribution in [-0.2, 0) is 4.79 Å². The third-order valence-corrected chi connectivity index (χ3v) is 4.28. The maximum Gasteiger partial charge on any atom is 0.348 e. The number of carboxylic acid groups (broad SMARTS) is 1. The molecule has 1 unspecified atom stereocenters. The summed E-state index contributed by atoms with van der Waals surface area (Å²) in [7, 11) is 0. The Kier molecular flexibility index (Phi) is 4.73. The van der Waals surface area contributed by atoms with Crippen LogP contribution >= 0.6 is 0 Å². The highest BCUT2D eigenvalue weighted by atomic mass is 16.5. The van der Waals surface area contributed by atoms with Crippen LogP contribution in [0.3, 0.4) is 0 Å². The maximum atomic E-state index is 11.5. The number of hydrogen-bond acceptors (Lipinski definition) is 4. The van der Waals surface area contributed by atoms with E-state index >= 15 is 0 Å². The van der Waals surface area contributed by atoms with Crippen LogP contribution in [0.2, 0.25) is 0 Å². The zero-order valence-electron chi connectivity index (χ0n) is 12.6. The van der Waals surface area contributed by atoms with Crippen LogP contribution in [0.25, 0.3) is 0 Å². The Morgan fingerprint density at radius 1 is 1.48 bits per heavy atom. The zero-order valence-corrected chi connectivity index (χ0v) is 12.6. The van der Waals surface area contributed by atoms with Gasteiger partial charge in [0.2, 0.25) is 5.60 Å². The van der Waals surface area contributed by atoms with Crippen molar-refractivity contribution in [1.82, 2.24) is 0 Å². The lowest BCUT2D eigenvalue weighted by atomic mass is 9.93. The molecule has 0 radical (unpaired) electrons. The monoisotopic (exact) mass is 293 g/mol. The molecule has 21 heavy (non-hydrogen) atoms. The van der Waals surface area contributed by atoms with E-state index in [1.165, 1.54) is 0 Å². The Bertz CT molecular complexity index is 511. The molecule has 0 spiro atoms. The lowest BCUT2D eigenvalue weighted by molar-refractivity contribution is -0.156. The Hall–Kier alpha value is -1.75. The summed E-state index contributed by atoms with van der Waals surface area (Å²) in [4.78, 5) is 11.5. The van der Waals surface area contributed by atoms with E-state index in [0.717, 1.165) is 17.7 Å². The predicted octanol–water partition coefficient (Wildman–Crippen LogP) is 2.53. The fourth-order valence-corrected chi connectivity index (χ4v) is 2.72. The molecule has 3 N–H and O–H groups in total. The molecule has 1 heterocycles. The molecular formula is C16H23NO4. The Balaban J connectivity index is 2.28. The van der Waals surface area contributed by atoms with Crippen LogP contribution < -0.4 is 15.2 Å². The van der Waals surface area contributed by atoms with E-state index in [1.54, 1.807) is 12.1 Å². The van der Waals surface area contributed by atoms with Gasteiger partial charge in [0.15, 0.2) is 0 Å². The van der Waals surface area contributed by atoms with E-state index in [-0.39, 0.29) is 0 Å². The van der Waals surface area contributed by atoms with Gasteiger partial charge in [-0.2, -0.15) is 0 Å². The third-order valence-electron chi connectivity index (χ3n) is 4.28. The van der Waals surface area contributed by atoms with E-state index in [2.05, 4.69) is 0 Å². The highest BCUT2D eigenvalue weighted by Gasteiger charge is 2.37. The number of fused-ring (bicyclic) bond motifs is 1. The summed E-state index contributed by atoms with van der Waals surface area (Å²) in [5.74, 6) is 0.633. The quantitative estimate of drug-likeness (QED) is 0.842. The number of rotatable bonds is 6. The van der Waals surface area contributed by atoms with Crippen molar-refractivity contribution < 1.29 is 19.4 Å². The lowest BCUT2D eigenvalue weighted by Gasteiger charge is -2.30. The zero-order chi connectivity index (χ0) is 15.5. The van der Waals surface area contributed by atoms with Crippen molar-refractivity contribution in [3.63, 3.8) is 0 Å².